The number of hydrogen-bond acceptors (Lipinski definition) is 7. The highest BCUT2D eigenvalue weighted by Crippen LogP contribution is 2.44. The summed E-state index contributed by atoms with van der Waals surface area (Å²) in [5.41, 5.74) is 4.14. The number of carbonyl (C=O) groups excluding carboxylic acids is 1. The summed E-state index contributed by atoms with van der Waals surface area (Å²) in [6.45, 7) is 3.85. The SMILES string of the molecule is COc1nc(NC2CC(C)(C(=O)N3CCCC3)C2)nc2[nH]cc(-c3ccc4nnn(C)c4c3)c12. The number of aromatic amines is 1. The van der Waals surface area contributed by atoms with E-state index in [1.165, 1.54) is 0 Å². The number of carbonyl (C=O) groups is 1. The summed E-state index contributed by atoms with van der Waals surface area (Å²) in [6, 6.07) is 6.18. The van der Waals surface area contributed by atoms with E-state index in [1.807, 2.05) is 30.3 Å². The first-order valence-corrected chi connectivity index (χ1v) is 11.7. The highest BCUT2D eigenvalue weighted by Gasteiger charge is 2.48. The molecule has 6 rings (SSSR count). The summed E-state index contributed by atoms with van der Waals surface area (Å²) >= 11 is 0. The molecule has 4 aromatic rings. The van der Waals surface area contributed by atoms with E-state index >= 15 is 0 Å². The molecule has 2 N–H and O–H groups in total. The molecule has 1 aliphatic heterocycles. The Labute approximate surface area is 196 Å². The second-order valence-corrected chi connectivity index (χ2v) is 9.71. The third kappa shape index (κ3) is 3.27. The first kappa shape index (κ1) is 20.9. The Morgan fingerprint density at radius 3 is 2.79 bits per heavy atom. The summed E-state index contributed by atoms with van der Waals surface area (Å²) in [7, 11) is 3.49. The van der Waals surface area contributed by atoms with Crippen molar-refractivity contribution in [3.63, 3.8) is 0 Å². The normalized spacial score (nSPS) is 22.3. The molecule has 4 heterocycles. The molecule has 10 heteroatoms. The molecule has 1 saturated carbocycles. The van der Waals surface area contributed by atoms with Crippen LogP contribution in [-0.4, -0.2) is 67.0 Å². The smallest absolute Gasteiger partial charge is 0.228 e. The van der Waals surface area contributed by atoms with Crippen LogP contribution in [0.15, 0.2) is 24.4 Å². The molecule has 1 amide bonds. The first-order valence-electron chi connectivity index (χ1n) is 11.7. The van der Waals surface area contributed by atoms with Crippen molar-refractivity contribution in [3.8, 4) is 17.0 Å². The molecule has 1 aromatic carbocycles. The molecule has 2 fully saturated rings. The monoisotopic (exact) mass is 460 g/mol. The van der Waals surface area contributed by atoms with Gasteiger partial charge in [0.05, 0.1) is 23.4 Å². The number of nitrogens with one attached hydrogen (secondary N) is 2. The van der Waals surface area contributed by atoms with Crippen LogP contribution < -0.4 is 10.1 Å². The van der Waals surface area contributed by atoms with E-state index in [0.717, 1.165) is 66.3 Å². The maximum absolute atomic E-state index is 12.9. The number of amides is 1. The van der Waals surface area contributed by atoms with Crippen LogP contribution in [0.4, 0.5) is 5.95 Å². The minimum atomic E-state index is -0.297. The number of H-pyrrole nitrogens is 1. The highest BCUT2D eigenvalue weighted by molar-refractivity contribution is 5.99. The fourth-order valence-electron chi connectivity index (χ4n) is 5.43. The molecule has 1 aliphatic carbocycles. The van der Waals surface area contributed by atoms with Crippen molar-refractivity contribution < 1.29 is 9.53 Å². The number of anilines is 1. The molecule has 34 heavy (non-hydrogen) atoms. The number of ether oxygens (including phenoxy) is 1. The summed E-state index contributed by atoms with van der Waals surface area (Å²) in [5.74, 6) is 1.29. The molecule has 2 aliphatic rings. The Bertz CT molecular complexity index is 1400. The molecule has 0 bridgehead atoms. The van der Waals surface area contributed by atoms with Gasteiger partial charge in [0.25, 0.3) is 0 Å². The zero-order valence-corrected chi connectivity index (χ0v) is 19.6. The molecule has 1 saturated heterocycles. The van der Waals surface area contributed by atoms with E-state index < -0.39 is 0 Å². The van der Waals surface area contributed by atoms with Crippen LogP contribution in [0.1, 0.15) is 32.6 Å². The number of rotatable bonds is 5. The number of fused-ring (bicyclic) bond motifs is 2. The fourth-order valence-corrected chi connectivity index (χ4v) is 5.43. The van der Waals surface area contributed by atoms with Crippen LogP contribution in [0.5, 0.6) is 5.88 Å². The van der Waals surface area contributed by atoms with Crippen molar-refractivity contribution in [3.05, 3.63) is 24.4 Å². The molecule has 0 unspecified atom stereocenters. The van der Waals surface area contributed by atoms with E-state index in [-0.39, 0.29) is 17.4 Å². The van der Waals surface area contributed by atoms with Crippen molar-refractivity contribution in [2.24, 2.45) is 12.5 Å². The molecule has 176 valence electrons. The van der Waals surface area contributed by atoms with E-state index in [9.17, 15) is 4.79 Å². The minimum absolute atomic E-state index is 0.160. The number of benzene rings is 1. The van der Waals surface area contributed by atoms with Crippen molar-refractivity contribution in [1.82, 2.24) is 34.8 Å². The Morgan fingerprint density at radius 2 is 2.03 bits per heavy atom. The van der Waals surface area contributed by atoms with Gasteiger partial charge in [-0.25, -0.2) is 4.68 Å². The number of aromatic nitrogens is 6. The second-order valence-electron chi connectivity index (χ2n) is 9.71. The van der Waals surface area contributed by atoms with E-state index in [0.29, 0.717) is 17.5 Å². The quantitative estimate of drug-likeness (QED) is 0.470. The van der Waals surface area contributed by atoms with Gasteiger partial charge in [-0.3, -0.25) is 4.79 Å². The highest BCUT2D eigenvalue weighted by atomic mass is 16.5. The maximum atomic E-state index is 12.9. The van der Waals surface area contributed by atoms with Crippen molar-refractivity contribution in [1.29, 1.82) is 0 Å². The van der Waals surface area contributed by atoms with Gasteiger partial charge in [0, 0.05) is 37.9 Å². The zero-order chi connectivity index (χ0) is 23.4. The predicted octanol–water partition coefficient (Wildman–Crippen LogP) is 3.12. The Morgan fingerprint density at radius 1 is 1.24 bits per heavy atom. The van der Waals surface area contributed by atoms with Gasteiger partial charge in [-0.05, 0) is 43.4 Å². The number of likely N-dealkylation sites (tertiary alicyclic amines) is 1. The van der Waals surface area contributed by atoms with Gasteiger partial charge in [0.1, 0.15) is 11.2 Å². The topological polar surface area (TPSA) is 114 Å². The van der Waals surface area contributed by atoms with Gasteiger partial charge in [-0.15, -0.1) is 5.10 Å². The third-order valence-corrected chi connectivity index (χ3v) is 7.25. The molecular formula is C24H28N8O2. The second kappa shape index (κ2) is 7.68. The van der Waals surface area contributed by atoms with Crippen LogP contribution >= 0.6 is 0 Å². The Kier molecular flexibility index (Phi) is 4.72. The van der Waals surface area contributed by atoms with Crippen LogP contribution in [0.2, 0.25) is 0 Å². The standard InChI is InChI=1S/C24H28N8O2/c1-24(22(33)32-8-4-5-9-32)11-15(12-24)26-23-27-20-19(21(28-23)34-3)16(13-25-20)14-6-7-17-18(10-14)31(2)30-29-17/h6-7,10,13,15H,4-5,8-9,11-12H2,1-3H3,(H2,25,26,27,28). The lowest BCUT2D eigenvalue weighted by molar-refractivity contribution is -0.145. The summed E-state index contributed by atoms with van der Waals surface area (Å²) < 4.78 is 7.42. The Balaban J connectivity index is 1.25. The van der Waals surface area contributed by atoms with Gasteiger partial charge >= 0.3 is 0 Å². The number of hydrogen-bond donors (Lipinski definition) is 2. The van der Waals surface area contributed by atoms with E-state index in [1.54, 1.807) is 11.8 Å². The van der Waals surface area contributed by atoms with Crippen LogP contribution in [-0.2, 0) is 11.8 Å². The van der Waals surface area contributed by atoms with Gasteiger partial charge in [-0.1, -0.05) is 18.2 Å². The average molecular weight is 461 g/mol. The van der Waals surface area contributed by atoms with Gasteiger partial charge < -0.3 is 19.9 Å². The molecular weight excluding hydrogens is 432 g/mol. The Hall–Kier alpha value is -3.69. The first-order chi connectivity index (χ1) is 16.4. The average Bonchev–Trinajstić information content (AvgIpc) is 3.57. The summed E-state index contributed by atoms with van der Waals surface area (Å²) in [5, 5.41) is 12.5. The fraction of sp³-hybridized carbons (Fsp3) is 0.458. The third-order valence-electron chi connectivity index (χ3n) is 7.25. The number of nitrogens with zero attached hydrogens (tertiary/aromatic N) is 6. The van der Waals surface area contributed by atoms with Crippen molar-refractivity contribution in [2.75, 3.05) is 25.5 Å². The molecule has 0 radical (unpaired) electrons. The molecule has 0 atom stereocenters. The largest absolute Gasteiger partial charge is 0.480 e. The zero-order valence-electron chi connectivity index (χ0n) is 19.6. The van der Waals surface area contributed by atoms with Crippen LogP contribution in [0.25, 0.3) is 33.2 Å². The lowest BCUT2D eigenvalue weighted by Crippen LogP contribution is -2.53. The lowest BCUT2D eigenvalue weighted by Gasteiger charge is -2.45. The molecule has 3 aromatic heterocycles. The number of methoxy groups -OCH3 is 1. The van der Waals surface area contributed by atoms with E-state index in [4.69, 9.17) is 9.72 Å². The van der Waals surface area contributed by atoms with Gasteiger partial charge in [0.15, 0.2) is 0 Å². The van der Waals surface area contributed by atoms with E-state index in [2.05, 4.69) is 38.6 Å². The molecule has 10 nitrogen and oxygen atoms in total. The minimum Gasteiger partial charge on any atom is -0.480 e. The lowest BCUT2D eigenvalue weighted by atomic mass is 9.66. The van der Waals surface area contributed by atoms with Crippen LogP contribution in [0, 0.1) is 5.41 Å². The molecule has 0 spiro atoms. The van der Waals surface area contributed by atoms with Crippen molar-refractivity contribution >= 4 is 33.9 Å². The number of aryl methyl sites for hydroxylation is 1. The summed E-state index contributed by atoms with van der Waals surface area (Å²) in [4.78, 5) is 27.5. The maximum Gasteiger partial charge on any atom is 0.228 e. The van der Waals surface area contributed by atoms with Gasteiger partial charge in [0.2, 0.25) is 17.7 Å². The van der Waals surface area contributed by atoms with Crippen molar-refractivity contribution in [2.45, 2.75) is 38.6 Å². The predicted molar refractivity (Wildman–Crippen MR) is 129 cm³/mol. The van der Waals surface area contributed by atoms with Crippen LogP contribution in [0.3, 0.4) is 0 Å². The summed E-state index contributed by atoms with van der Waals surface area (Å²) in [6.07, 6.45) is 5.71. The van der Waals surface area contributed by atoms with Gasteiger partial charge in [-0.2, -0.15) is 9.97 Å².